The largest absolute Gasteiger partial charge is 0.334 e. The van der Waals surface area contributed by atoms with Crippen molar-refractivity contribution in [1.29, 1.82) is 0 Å². The molecule has 0 fully saturated rings. The maximum Gasteiger partial charge on any atom is 0.306 e. The molecule has 4 rings (SSSR count). The van der Waals surface area contributed by atoms with Crippen molar-refractivity contribution in [2.45, 2.75) is 0 Å². The first-order chi connectivity index (χ1) is 19.5. The molecule has 0 unspecified atom stereocenters. The zero-order valence-electron chi connectivity index (χ0n) is 19.2. The van der Waals surface area contributed by atoms with Crippen molar-refractivity contribution in [3.8, 4) is 5.75 Å². The maximum atomic E-state index is 15.3. The van der Waals surface area contributed by atoms with E-state index in [9.17, 15) is 43.9 Å². The normalized spacial score (nSPS) is 11.8. The third-order valence-corrected chi connectivity index (χ3v) is 9.11. The fourth-order valence-corrected chi connectivity index (χ4v) is 7.37. The number of rotatable bonds is 5. The van der Waals surface area contributed by atoms with E-state index in [-0.39, 0.29) is 12.1 Å². The SMILES string of the molecule is Fc1ccc(O[P+](c2c(F)c(F)c(F)c(F)c2F)(c2c(F)c(F)c(F)c(F)c2F)c2c(F)c(F)c(F)c(F)c2F)cc1. The van der Waals surface area contributed by atoms with Gasteiger partial charge in [0.05, 0.1) is 0 Å². The molecule has 0 N–H and O–H groups in total. The summed E-state index contributed by atoms with van der Waals surface area (Å²) in [5.74, 6) is -49.8. The number of benzene rings is 4. The van der Waals surface area contributed by atoms with E-state index in [0.29, 0.717) is 12.1 Å². The van der Waals surface area contributed by atoms with Gasteiger partial charge < -0.3 is 4.52 Å². The second kappa shape index (κ2) is 10.7. The van der Waals surface area contributed by atoms with E-state index in [0.717, 1.165) is 0 Å². The quantitative estimate of drug-likeness (QED) is 0.0969. The lowest BCUT2D eigenvalue weighted by molar-refractivity contribution is 0.378. The molecule has 0 aromatic heterocycles. The Bertz CT molecular complexity index is 1520. The van der Waals surface area contributed by atoms with Crippen molar-refractivity contribution in [3.63, 3.8) is 0 Å². The van der Waals surface area contributed by atoms with E-state index in [1.54, 1.807) is 0 Å². The molecule has 18 heteroatoms. The van der Waals surface area contributed by atoms with Crippen molar-refractivity contribution < 1.29 is 74.8 Å². The third-order valence-electron chi connectivity index (χ3n) is 5.56. The molecule has 0 radical (unpaired) electrons. The van der Waals surface area contributed by atoms with Crippen LogP contribution in [0.4, 0.5) is 70.2 Å². The first-order valence-corrected chi connectivity index (χ1v) is 12.1. The molecular formula is C24H4F16OP+. The second-order valence-electron chi connectivity index (χ2n) is 7.91. The second-order valence-corrected chi connectivity index (χ2v) is 10.7. The van der Waals surface area contributed by atoms with Gasteiger partial charge >= 0.3 is 7.49 Å². The van der Waals surface area contributed by atoms with Gasteiger partial charge in [-0.3, -0.25) is 0 Å². The van der Waals surface area contributed by atoms with Crippen LogP contribution in [-0.2, 0) is 0 Å². The Balaban J connectivity index is 2.46. The van der Waals surface area contributed by atoms with Crippen molar-refractivity contribution in [2.75, 3.05) is 0 Å². The number of hydrogen-bond donors (Lipinski definition) is 0. The highest BCUT2D eigenvalue weighted by Crippen LogP contribution is 2.60. The lowest BCUT2D eigenvalue weighted by atomic mass is 10.3. The molecular weight excluding hydrogens is 639 g/mol. The van der Waals surface area contributed by atoms with Gasteiger partial charge in [-0.2, -0.15) is 26.3 Å². The smallest absolute Gasteiger partial charge is 0.306 e. The fourth-order valence-electron chi connectivity index (χ4n) is 3.74. The molecule has 0 atom stereocenters. The minimum Gasteiger partial charge on any atom is -0.334 e. The van der Waals surface area contributed by atoms with Crippen molar-refractivity contribution in [1.82, 2.24) is 0 Å². The molecule has 222 valence electrons. The lowest BCUT2D eigenvalue weighted by Gasteiger charge is -2.28. The van der Waals surface area contributed by atoms with Crippen LogP contribution < -0.4 is 20.4 Å². The van der Waals surface area contributed by atoms with E-state index >= 15 is 26.3 Å². The van der Waals surface area contributed by atoms with Crippen LogP contribution in [0.5, 0.6) is 5.75 Å². The summed E-state index contributed by atoms with van der Waals surface area (Å²) in [6.45, 7) is 0. The Morgan fingerprint density at radius 3 is 0.762 bits per heavy atom. The predicted octanol–water partition coefficient (Wildman–Crippen LogP) is 7.20. The van der Waals surface area contributed by atoms with Crippen LogP contribution in [-0.4, -0.2) is 0 Å². The summed E-state index contributed by atoms with van der Waals surface area (Å²) in [5, 5.41) is -8.68. The summed E-state index contributed by atoms with van der Waals surface area (Å²) in [6, 6.07) is 1.24. The standard InChI is InChI=1S/C24H4F16OP/c25-5-1-3-6(4-2-5)41-42(22-16(35)10(29)7(26)11(30)17(22)36,23-18(37)12(31)8(27)13(32)19(23)38)24-20(39)14(33)9(28)15(34)21(24)40/h1-4H/q+1. The van der Waals surface area contributed by atoms with Crippen molar-refractivity contribution >= 4 is 23.4 Å². The van der Waals surface area contributed by atoms with Gasteiger partial charge in [0.2, 0.25) is 103 Å². The van der Waals surface area contributed by atoms with Crippen LogP contribution in [0, 0.1) is 93.1 Å². The summed E-state index contributed by atoms with van der Waals surface area (Å²) in [4.78, 5) is 0. The Morgan fingerprint density at radius 2 is 0.524 bits per heavy atom. The summed E-state index contributed by atoms with van der Waals surface area (Å²) in [7, 11) is -7.05. The molecule has 1 nitrogen and oxygen atoms in total. The Kier molecular flexibility index (Phi) is 7.86. The number of hydrogen-bond acceptors (Lipinski definition) is 1. The van der Waals surface area contributed by atoms with E-state index in [1.165, 1.54) is 0 Å². The van der Waals surface area contributed by atoms with Crippen LogP contribution in [0.1, 0.15) is 0 Å². The molecule has 4 aromatic carbocycles. The average Bonchev–Trinajstić information content (AvgIpc) is 2.96. The molecule has 0 aliphatic rings. The Labute approximate surface area is 222 Å². The highest BCUT2D eigenvalue weighted by atomic mass is 31.2. The molecule has 42 heavy (non-hydrogen) atoms. The van der Waals surface area contributed by atoms with E-state index in [4.69, 9.17) is 4.52 Å². The predicted molar refractivity (Wildman–Crippen MR) is 112 cm³/mol. The van der Waals surface area contributed by atoms with Crippen LogP contribution in [0.3, 0.4) is 0 Å². The van der Waals surface area contributed by atoms with Gasteiger partial charge in [-0.25, -0.2) is 43.9 Å². The first-order valence-electron chi connectivity index (χ1n) is 10.4. The van der Waals surface area contributed by atoms with E-state index in [1.807, 2.05) is 0 Å². The van der Waals surface area contributed by atoms with Crippen LogP contribution >= 0.6 is 7.49 Å². The van der Waals surface area contributed by atoms with E-state index < -0.39 is 122 Å². The fraction of sp³-hybridized carbons (Fsp3) is 0. The van der Waals surface area contributed by atoms with Gasteiger partial charge in [-0.05, 0) is 24.3 Å². The maximum absolute atomic E-state index is 15.3. The van der Waals surface area contributed by atoms with Crippen LogP contribution in [0.25, 0.3) is 0 Å². The van der Waals surface area contributed by atoms with Crippen LogP contribution in [0.15, 0.2) is 24.3 Å². The zero-order valence-corrected chi connectivity index (χ0v) is 20.1. The molecule has 4 aromatic rings. The first kappa shape index (κ1) is 30.9. The topological polar surface area (TPSA) is 9.23 Å². The van der Waals surface area contributed by atoms with E-state index in [2.05, 4.69) is 0 Å². The molecule has 0 aliphatic carbocycles. The molecule has 0 spiro atoms. The van der Waals surface area contributed by atoms with Crippen LogP contribution in [0.2, 0.25) is 0 Å². The third kappa shape index (κ3) is 4.32. The molecule has 0 saturated carbocycles. The summed E-state index contributed by atoms with van der Waals surface area (Å²) in [5.41, 5.74) is 0. The summed E-state index contributed by atoms with van der Waals surface area (Å²) >= 11 is 0. The molecule has 0 saturated heterocycles. The molecule has 0 bridgehead atoms. The molecule has 0 heterocycles. The lowest BCUT2D eigenvalue weighted by Crippen LogP contribution is -2.46. The van der Waals surface area contributed by atoms with Gasteiger partial charge in [0, 0.05) is 0 Å². The Hall–Kier alpha value is -4.01. The monoisotopic (exact) mass is 643 g/mol. The number of halogens is 16. The van der Waals surface area contributed by atoms with Crippen molar-refractivity contribution in [2.24, 2.45) is 0 Å². The van der Waals surface area contributed by atoms with Gasteiger partial charge in [-0.15, -0.1) is 0 Å². The van der Waals surface area contributed by atoms with Gasteiger partial charge in [-0.1, -0.05) is 0 Å². The van der Waals surface area contributed by atoms with Gasteiger partial charge in [0.1, 0.15) is 5.82 Å². The van der Waals surface area contributed by atoms with Crippen molar-refractivity contribution in [3.05, 3.63) is 117 Å². The molecule has 0 amide bonds. The average molecular weight is 643 g/mol. The minimum atomic E-state index is -7.05. The highest BCUT2D eigenvalue weighted by Gasteiger charge is 2.64. The zero-order chi connectivity index (χ0) is 31.6. The summed E-state index contributed by atoms with van der Waals surface area (Å²) in [6.07, 6.45) is 0. The highest BCUT2D eigenvalue weighted by molar-refractivity contribution is 7.92. The molecule has 0 aliphatic heterocycles. The van der Waals surface area contributed by atoms with Gasteiger partial charge in [0.15, 0.2) is 5.75 Å². The van der Waals surface area contributed by atoms with Gasteiger partial charge in [0.25, 0.3) is 0 Å². The summed E-state index contributed by atoms with van der Waals surface area (Å²) < 4.78 is 238. The minimum absolute atomic E-state index is 0.286. The Morgan fingerprint density at radius 1 is 0.310 bits per heavy atom.